The van der Waals surface area contributed by atoms with Crippen LogP contribution in [0.5, 0.6) is 0 Å². The lowest BCUT2D eigenvalue weighted by Gasteiger charge is -2.22. The highest BCUT2D eigenvalue weighted by molar-refractivity contribution is 6.35. The minimum atomic E-state index is -0.996. The molecule has 0 radical (unpaired) electrons. The molecule has 1 aliphatic rings. The van der Waals surface area contributed by atoms with Crippen LogP contribution < -0.4 is 5.32 Å². The Bertz CT molecular complexity index is 522. The summed E-state index contributed by atoms with van der Waals surface area (Å²) in [6, 6.07) is 3.44. The second-order valence-corrected chi connectivity index (χ2v) is 5.09. The SMILES string of the molecule is O=C(O)C1CCCN1C(=O)Nc1cc(Cl)ccc1Cl. The molecule has 2 rings (SSSR count). The number of carboxylic acid groups (broad SMARTS) is 1. The number of halogens is 2. The summed E-state index contributed by atoms with van der Waals surface area (Å²) in [5, 5.41) is 12.4. The summed E-state index contributed by atoms with van der Waals surface area (Å²) in [5.41, 5.74) is 0.371. The van der Waals surface area contributed by atoms with Gasteiger partial charge in [0.15, 0.2) is 0 Å². The number of amides is 2. The van der Waals surface area contributed by atoms with E-state index in [1.54, 1.807) is 12.1 Å². The molecule has 5 nitrogen and oxygen atoms in total. The third-order valence-electron chi connectivity index (χ3n) is 2.97. The molecule has 1 aromatic rings. The molecule has 1 unspecified atom stereocenters. The van der Waals surface area contributed by atoms with Gasteiger partial charge in [-0.05, 0) is 31.0 Å². The maximum Gasteiger partial charge on any atom is 0.326 e. The average molecular weight is 303 g/mol. The number of nitrogens with zero attached hydrogens (tertiary/aromatic N) is 1. The molecule has 1 atom stereocenters. The number of anilines is 1. The van der Waals surface area contributed by atoms with Crippen LogP contribution in [0, 0.1) is 0 Å². The fraction of sp³-hybridized carbons (Fsp3) is 0.333. The summed E-state index contributed by atoms with van der Waals surface area (Å²) < 4.78 is 0. The van der Waals surface area contributed by atoms with Crippen molar-refractivity contribution >= 4 is 40.9 Å². The topological polar surface area (TPSA) is 69.6 Å². The second-order valence-electron chi connectivity index (χ2n) is 4.24. The zero-order chi connectivity index (χ0) is 14.0. The molecule has 0 bridgehead atoms. The third-order valence-corrected chi connectivity index (χ3v) is 3.53. The normalized spacial score (nSPS) is 18.4. The van der Waals surface area contributed by atoms with Crippen molar-refractivity contribution in [3.05, 3.63) is 28.2 Å². The number of rotatable bonds is 2. The van der Waals surface area contributed by atoms with E-state index in [1.165, 1.54) is 11.0 Å². The predicted molar refractivity (Wildman–Crippen MR) is 72.8 cm³/mol. The van der Waals surface area contributed by atoms with E-state index >= 15 is 0 Å². The Labute approximate surface area is 120 Å². The van der Waals surface area contributed by atoms with E-state index in [2.05, 4.69) is 5.32 Å². The van der Waals surface area contributed by atoms with Gasteiger partial charge < -0.3 is 15.3 Å². The van der Waals surface area contributed by atoms with Crippen LogP contribution in [-0.2, 0) is 4.79 Å². The molecular formula is C12H12Cl2N2O3. The van der Waals surface area contributed by atoms with Crippen molar-refractivity contribution in [1.29, 1.82) is 0 Å². The highest BCUT2D eigenvalue weighted by Crippen LogP contribution is 2.26. The Hall–Kier alpha value is -1.46. The van der Waals surface area contributed by atoms with Gasteiger partial charge in [-0.1, -0.05) is 23.2 Å². The van der Waals surface area contributed by atoms with Crippen molar-refractivity contribution < 1.29 is 14.7 Å². The highest BCUT2D eigenvalue weighted by Gasteiger charge is 2.34. The first-order chi connectivity index (χ1) is 8.99. The monoisotopic (exact) mass is 302 g/mol. The van der Waals surface area contributed by atoms with E-state index in [-0.39, 0.29) is 0 Å². The summed E-state index contributed by atoms with van der Waals surface area (Å²) >= 11 is 11.8. The van der Waals surface area contributed by atoms with Gasteiger partial charge >= 0.3 is 12.0 Å². The van der Waals surface area contributed by atoms with Gasteiger partial charge in [0.05, 0.1) is 10.7 Å². The molecule has 102 valence electrons. The van der Waals surface area contributed by atoms with Crippen LogP contribution in [0.2, 0.25) is 10.0 Å². The first kappa shape index (κ1) is 14.0. The maximum atomic E-state index is 12.0. The summed E-state index contributed by atoms with van der Waals surface area (Å²) in [7, 11) is 0. The largest absolute Gasteiger partial charge is 0.480 e. The fourth-order valence-electron chi connectivity index (χ4n) is 2.05. The van der Waals surface area contributed by atoms with E-state index in [0.717, 1.165) is 0 Å². The molecule has 1 fully saturated rings. The van der Waals surface area contributed by atoms with Crippen LogP contribution in [0.3, 0.4) is 0 Å². The van der Waals surface area contributed by atoms with E-state index < -0.39 is 18.0 Å². The van der Waals surface area contributed by atoms with Gasteiger partial charge in [0.1, 0.15) is 6.04 Å². The Kier molecular flexibility index (Phi) is 4.17. The van der Waals surface area contributed by atoms with Gasteiger partial charge in [-0.25, -0.2) is 9.59 Å². The van der Waals surface area contributed by atoms with Crippen LogP contribution in [-0.4, -0.2) is 34.6 Å². The summed E-state index contributed by atoms with van der Waals surface area (Å²) in [6.45, 7) is 0.418. The molecule has 0 aliphatic carbocycles. The Balaban J connectivity index is 2.12. The molecule has 2 amide bonds. The molecule has 0 aromatic heterocycles. The fourth-order valence-corrected chi connectivity index (χ4v) is 2.38. The molecule has 2 N–H and O–H groups in total. The van der Waals surface area contributed by atoms with Crippen LogP contribution in [0.25, 0.3) is 0 Å². The van der Waals surface area contributed by atoms with Crippen molar-refractivity contribution in [2.24, 2.45) is 0 Å². The van der Waals surface area contributed by atoms with E-state index in [0.29, 0.717) is 35.1 Å². The maximum absolute atomic E-state index is 12.0. The number of benzene rings is 1. The number of urea groups is 1. The van der Waals surface area contributed by atoms with Crippen molar-refractivity contribution in [2.75, 3.05) is 11.9 Å². The zero-order valence-corrected chi connectivity index (χ0v) is 11.4. The van der Waals surface area contributed by atoms with E-state index in [9.17, 15) is 9.59 Å². The molecule has 1 aliphatic heterocycles. The lowest BCUT2D eigenvalue weighted by atomic mass is 10.2. The number of hydrogen-bond donors (Lipinski definition) is 2. The van der Waals surface area contributed by atoms with Gasteiger partial charge in [0.25, 0.3) is 0 Å². The molecule has 19 heavy (non-hydrogen) atoms. The van der Waals surface area contributed by atoms with Gasteiger partial charge in [0.2, 0.25) is 0 Å². The van der Waals surface area contributed by atoms with E-state index in [4.69, 9.17) is 28.3 Å². The number of carbonyl (C=O) groups excluding carboxylic acids is 1. The third kappa shape index (κ3) is 3.11. The lowest BCUT2D eigenvalue weighted by molar-refractivity contribution is -0.141. The van der Waals surface area contributed by atoms with E-state index in [1.807, 2.05) is 0 Å². The quantitative estimate of drug-likeness (QED) is 0.882. The van der Waals surface area contributed by atoms with Crippen LogP contribution in [0.15, 0.2) is 18.2 Å². The first-order valence-corrected chi connectivity index (χ1v) is 6.50. The van der Waals surface area contributed by atoms with Crippen LogP contribution in [0.4, 0.5) is 10.5 Å². The Morgan fingerprint density at radius 3 is 2.79 bits per heavy atom. The Morgan fingerprint density at radius 1 is 1.37 bits per heavy atom. The van der Waals surface area contributed by atoms with Crippen molar-refractivity contribution in [2.45, 2.75) is 18.9 Å². The summed E-state index contributed by atoms with van der Waals surface area (Å²) in [6.07, 6.45) is 1.14. The number of aliphatic carboxylic acids is 1. The first-order valence-electron chi connectivity index (χ1n) is 5.74. The molecular weight excluding hydrogens is 291 g/mol. The number of hydrogen-bond acceptors (Lipinski definition) is 2. The smallest absolute Gasteiger partial charge is 0.326 e. The van der Waals surface area contributed by atoms with Crippen LogP contribution in [0.1, 0.15) is 12.8 Å². The second kappa shape index (κ2) is 5.67. The van der Waals surface area contributed by atoms with Crippen molar-refractivity contribution in [3.8, 4) is 0 Å². The van der Waals surface area contributed by atoms with Gasteiger partial charge in [-0.15, -0.1) is 0 Å². The number of carbonyl (C=O) groups is 2. The van der Waals surface area contributed by atoms with Crippen LogP contribution >= 0.6 is 23.2 Å². The Morgan fingerprint density at radius 2 is 2.11 bits per heavy atom. The standard InChI is InChI=1S/C12H12Cl2N2O3/c13-7-3-4-8(14)9(6-7)15-12(19)16-5-1-2-10(16)11(17)18/h3-4,6,10H,1-2,5H2,(H,15,19)(H,17,18). The zero-order valence-electron chi connectivity index (χ0n) is 9.90. The molecule has 1 heterocycles. The van der Waals surface area contributed by atoms with Crippen molar-refractivity contribution in [1.82, 2.24) is 4.90 Å². The average Bonchev–Trinajstić information content (AvgIpc) is 2.83. The minimum absolute atomic E-state index is 0.351. The summed E-state index contributed by atoms with van der Waals surface area (Å²) in [5.74, 6) is -0.996. The predicted octanol–water partition coefficient (Wildman–Crippen LogP) is 3.07. The number of nitrogens with one attached hydrogen (secondary N) is 1. The molecule has 1 saturated heterocycles. The molecule has 1 aromatic carbocycles. The molecule has 0 saturated carbocycles. The number of carboxylic acids is 1. The lowest BCUT2D eigenvalue weighted by Crippen LogP contribution is -2.42. The van der Waals surface area contributed by atoms with Gasteiger partial charge in [-0.3, -0.25) is 0 Å². The number of likely N-dealkylation sites (tertiary alicyclic amines) is 1. The van der Waals surface area contributed by atoms with Gasteiger partial charge in [-0.2, -0.15) is 0 Å². The van der Waals surface area contributed by atoms with Gasteiger partial charge in [0, 0.05) is 11.6 Å². The summed E-state index contributed by atoms with van der Waals surface area (Å²) in [4.78, 5) is 24.4. The molecule has 7 heteroatoms. The highest BCUT2D eigenvalue weighted by atomic mass is 35.5. The molecule has 0 spiro atoms. The van der Waals surface area contributed by atoms with Crippen molar-refractivity contribution in [3.63, 3.8) is 0 Å². The minimum Gasteiger partial charge on any atom is -0.480 e.